The molecule has 0 unspecified atom stereocenters. The molecule has 19 heavy (non-hydrogen) atoms. The van der Waals surface area contributed by atoms with Crippen molar-refractivity contribution in [1.29, 1.82) is 0 Å². The third-order valence-corrected chi connectivity index (χ3v) is 3.71. The monoisotopic (exact) mass is 273 g/mol. The second-order valence-corrected chi connectivity index (χ2v) is 5.49. The molecule has 3 heterocycles. The van der Waals surface area contributed by atoms with Crippen molar-refractivity contribution < 1.29 is 0 Å². The molecule has 0 fully saturated rings. The minimum absolute atomic E-state index is 0.668. The van der Waals surface area contributed by atoms with Crippen molar-refractivity contribution in [3.8, 4) is 0 Å². The Labute approximate surface area is 115 Å². The summed E-state index contributed by atoms with van der Waals surface area (Å²) in [6.07, 6.45) is 2.79. The minimum Gasteiger partial charge on any atom is -0.353 e. The zero-order valence-corrected chi connectivity index (χ0v) is 11.7. The lowest BCUT2D eigenvalue weighted by Gasteiger charge is -1.98. The first kappa shape index (κ1) is 12.1. The molecule has 0 spiro atoms. The van der Waals surface area contributed by atoms with Crippen LogP contribution in [-0.4, -0.2) is 26.1 Å². The van der Waals surface area contributed by atoms with Crippen LogP contribution in [0.5, 0.6) is 0 Å². The van der Waals surface area contributed by atoms with Gasteiger partial charge in [-0.3, -0.25) is 0 Å². The van der Waals surface area contributed by atoms with Crippen molar-refractivity contribution in [1.82, 2.24) is 19.6 Å². The summed E-state index contributed by atoms with van der Waals surface area (Å²) < 4.78 is 1.80. The second kappa shape index (κ2) is 4.97. The third kappa shape index (κ3) is 2.58. The van der Waals surface area contributed by atoms with E-state index in [9.17, 15) is 0 Å². The molecule has 0 saturated heterocycles. The zero-order valence-electron chi connectivity index (χ0n) is 10.9. The van der Waals surface area contributed by atoms with E-state index in [1.807, 2.05) is 32.2 Å². The summed E-state index contributed by atoms with van der Waals surface area (Å²) in [7, 11) is 0. The molecule has 0 saturated carbocycles. The van der Waals surface area contributed by atoms with E-state index in [0.717, 1.165) is 34.9 Å². The van der Waals surface area contributed by atoms with Crippen LogP contribution in [0, 0.1) is 13.8 Å². The summed E-state index contributed by atoms with van der Waals surface area (Å²) in [6, 6.07) is 4.00. The van der Waals surface area contributed by atoms with Crippen molar-refractivity contribution in [3.05, 3.63) is 40.0 Å². The highest BCUT2D eigenvalue weighted by Crippen LogP contribution is 2.11. The number of nitrogens with one attached hydrogen (secondary N) is 1. The molecular formula is C13H15N5S. The van der Waals surface area contributed by atoms with Gasteiger partial charge in [0.15, 0.2) is 5.65 Å². The number of fused-ring (bicyclic) bond motifs is 1. The van der Waals surface area contributed by atoms with Crippen molar-refractivity contribution in [2.24, 2.45) is 0 Å². The first-order valence-electron chi connectivity index (χ1n) is 6.19. The molecule has 0 atom stereocenters. The molecule has 3 rings (SSSR count). The molecule has 0 aliphatic heterocycles. The minimum atomic E-state index is 0.668. The van der Waals surface area contributed by atoms with Crippen LogP contribution in [0.4, 0.5) is 5.95 Å². The number of rotatable bonds is 4. The third-order valence-electron chi connectivity index (χ3n) is 2.89. The molecule has 3 aromatic heterocycles. The Hall–Kier alpha value is -1.95. The summed E-state index contributed by atoms with van der Waals surface area (Å²) >= 11 is 1.68. The quantitative estimate of drug-likeness (QED) is 0.793. The summed E-state index contributed by atoms with van der Waals surface area (Å²) in [6.45, 7) is 4.85. The lowest BCUT2D eigenvalue weighted by atomic mass is 10.3. The Morgan fingerprint density at radius 3 is 2.95 bits per heavy atom. The molecule has 5 nitrogen and oxygen atoms in total. The lowest BCUT2D eigenvalue weighted by molar-refractivity contribution is 0.922. The lowest BCUT2D eigenvalue weighted by Crippen LogP contribution is -2.06. The Bertz CT molecular complexity index is 700. The van der Waals surface area contributed by atoms with Gasteiger partial charge in [-0.25, -0.2) is 9.50 Å². The Balaban J connectivity index is 1.67. The number of anilines is 1. The Morgan fingerprint density at radius 1 is 1.32 bits per heavy atom. The number of pyridine rings is 1. The first-order chi connectivity index (χ1) is 9.22. The second-order valence-electron chi connectivity index (χ2n) is 4.43. The van der Waals surface area contributed by atoms with Gasteiger partial charge in [0.05, 0.1) is 10.7 Å². The molecule has 0 aliphatic carbocycles. The van der Waals surface area contributed by atoms with Crippen LogP contribution in [0.1, 0.15) is 16.3 Å². The van der Waals surface area contributed by atoms with E-state index in [1.165, 1.54) is 0 Å². The number of hydrogen-bond acceptors (Lipinski definition) is 5. The topological polar surface area (TPSA) is 55.1 Å². The van der Waals surface area contributed by atoms with Crippen LogP contribution in [0.25, 0.3) is 5.65 Å². The number of nitrogens with zero attached hydrogens (tertiary/aromatic N) is 4. The summed E-state index contributed by atoms with van der Waals surface area (Å²) in [5.74, 6) is 0.668. The number of thiazole rings is 1. The van der Waals surface area contributed by atoms with Gasteiger partial charge >= 0.3 is 0 Å². The van der Waals surface area contributed by atoms with Crippen LogP contribution in [0.2, 0.25) is 0 Å². The SMILES string of the molecule is Cc1nc(CCNc2nc3c(C)cccn3n2)cs1. The van der Waals surface area contributed by atoms with Gasteiger partial charge < -0.3 is 5.32 Å². The number of aromatic nitrogens is 4. The fraction of sp³-hybridized carbons (Fsp3) is 0.308. The van der Waals surface area contributed by atoms with Gasteiger partial charge in [0.1, 0.15) is 0 Å². The molecule has 98 valence electrons. The van der Waals surface area contributed by atoms with Crippen LogP contribution in [0.15, 0.2) is 23.7 Å². The van der Waals surface area contributed by atoms with Crippen molar-refractivity contribution in [2.75, 3.05) is 11.9 Å². The van der Waals surface area contributed by atoms with E-state index < -0.39 is 0 Å². The number of hydrogen-bond donors (Lipinski definition) is 1. The predicted octanol–water partition coefficient (Wildman–Crippen LogP) is 2.46. The molecule has 0 amide bonds. The van der Waals surface area contributed by atoms with Crippen LogP contribution >= 0.6 is 11.3 Å². The Kier molecular flexibility index (Phi) is 3.16. The standard InChI is InChI=1S/C13H15N5S/c1-9-4-3-7-18-12(9)16-13(17-18)14-6-5-11-8-19-10(2)15-11/h3-4,7-8H,5-6H2,1-2H3,(H,14,17). The largest absolute Gasteiger partial charge is 0.353 e. The van der Waals surface area contributed by atoms with E-state index in [2.05, 4.69) is 25.8 Å². The molecule has 0 aliphatic rings. The average molecular weight is 273 g/mol. The molecule has 6 heteroatoms. The van der Waals surface area contributed by atoms with E-state index in [0.29, 0.717) is 5.95 Å². The van der Waals surface area contributed by atoms with E-state index in [4.69, 9.17) is 0 Å². The van der Waals surface area contributed by atoms with Gasteiger partial charge in [-0.2, -0.15) is 4.98 Å². The van der Waals surface area contributed by atoms with Gasteiger partial charge in [-0.1, -0.05) is 6.07 Å². The summed E-state index contributed by atoms with van der Waals surface area (Å²) in [5.41, 5.74) is 3.14. The molecule has 0 bridgehead atoms. The highest BCUT2D eigenvalue weighted by molar-refractivity contribution is 7.09. The maximum Gasteiger partial charge on any atom is 0.243 e. The number of aryl methyl sites for hydroxylation is 2. The Morgan fingerprint density at radius 2 is 2.21 bits per heavy atom. The van der Waals surface area contributed by atoms with Crippen molar-refractivity contribution >= 4 is 22.9 Å². The van der Waals surface area contributed by atoms with E-state index >= 15 is 0 Å². The normalized spacial score (nSPS) is 11.1. The van der Waals surface area contributed by atoms with Gasteiger partial charge in [0.25, 0.3) is 0 Å². The van der Waals surface area contributed by atoms with Gasteiger partial charge in [-0.15, -0.1) is 16.4 Å². The van der Waals surface area contributed by atoms with E-state index in [1.54, 1.807) is 15.9 Å². The molecule has 0 aromatic carbocycles. The summed E-state index contributed by atoms with van der Waals surface area (Å²) in [5, 5.41) is 10.8. The smallest absolute Gasteiger partial charge is 0.243 e. The maximum atomic E-state index is 4.47. The molecule has 3 aromatic rings. The summed E-state index contributed by atoms with van der Waals surface area (Å²) in [4.78, 5) is 8.90. The van der Waals surface area contributed by atoms with Crippen molar-refractivity contribution in [2.45, 2.75) is 20.3 Å². The van der Waals surface area contributed by atoms with Crippen molar-refractivity contribution in [3.63, 3.8) is 0 Å². The highest BCUT2D eigenvalue weighted by Gasteiger charge is 2.05. The molecular weight excluding hydrogens is 258 g/mol. The average Bonchev–Trinajstić information content (AvgIpc) is 2.97. The fourth-order valence-corrected chi connectivity index (χ4v) is 2.59. The van der Waals surface area contributed by atoms with Gasteiger partial charge in [0.2, 0.25) is 5.95 Å². The fourth-order valence-electron chi connectivity index (χ4n) is 1.94. The maximum absolute atomic E-state index is 4.47. The molecule has 0 radical (unpaired) electrons. The highest BCUT2D eigenvalue weighted by atomic mass is 32.1. The van der Waals surface area contributed by atoms with Crippen LogP contribution in [0.3, 0.4) is 0 Å². The first-order valence-corrected chi connectivity index (χ1v) is 7.07. The molecule has 1 N–H and O–H groups in total. The zero-order chi connectivity index (χ0) is 13.2. The predicted molar refractivity (Wildman–Crippen MR) is 76.8 cm³/mol. The van der Waals surface area contributed by atoms with E-state index in [-0.39, 0.29) is 0 Å². The van der Waals surface area contributed by atoms with Gasteiger partial charge in [-0.05, 0) is 25.5 Å². The van der Waals surface area contributed by atoms with Crippen LogP contribution in [-0.2, 0) is 6.42 Å². The van der Waals surface area contributed by atoms with Gasteiger partial charge in [0, 0.05) is 24.5 Å². The van der Waals surface area contributed by atoms with Crippen LogP contribution < -0.4 is 5.32 Å².